The Labute approximate surface area is 126 Å². The van der Waals surface area contributed by atoms with Gasteiger partial charge < -0.3 is 15.2 Å². The van der Waals surface area contributed by atoms with Crippen LogP contribution in [0.5, 0.6) is 5.75 Å². The SMILES string of the molecule is CCOc1ccccc1C(=O)NCC1(O)CCCC(C)C1. The number of aliphatic hydroxyl groups is 1. The summed E-state index contributed by atoms with van der Waals surface area (Å²) in [6, 6.07) is 7.19. The number of rotatable bonds is 5. The molecule has 0 aliphatic heterocycles. The van der Waals surface area contributed by atoms with Gasteiger partial charge in [0, 0.05) is 6.54 Å². The maximum absolute atomic E-state index is 12.3. The maximum atomic E-state index is 12.3. The van der Waals surface area contributed by atoms with Gasteiger partial charge in [0.05, 0.1) is 17.8 Å². The number of hydrogen-bond acceptors (Lipinski definition) is 3. The summed E-state index contributed by atoms with van der Waals surface area (Å²) in [4.78, 5) is 12.3. The fraction of sp³-hybridized carbons (Fsp3) is 0.588. The van der Waals surface area contributed by atoms with E-state index in [9.17, 15) is 9.90 Å². The summed E-state index contributed by atoms with van der Waals surface area (Å²) in [6.45, 7) is 4.86. The zero-order valence-electron chi connectivity index (χ0n) is 12.9. The van der Waals surface area contributed by atoms with Crippen molar-refractivity contribution in [1.29, 1.82) is 0 Å². The minimum atomic E-state index is -0.770. The first kappa shape index (κ1) is 15.8. The lowest BCUT2D eigenvalue weighted by Crippen LogP contribution is -2.45. The predicted octanol–water partition coefficient (Wildman–Crippen LogP) is 2.76. The standard InChI is InChI=1S/C17H25NO3/c1-3-21-15-9-5-4-8-14(15)16(19)18-12-17(20)10-6-7-13(2)11-17/h4-5,8-9,13,20H,3,6-7,10-12H2,1-2H3,(H,18,19). The lowest BCUT2D eigenvalue weighted by molar-refractivity contribution is -0.0109. The van der Waals surface area contributed by atoms with E-state index in [1.807, 2.05) is 19.1 Å². The summed E-state index contributed by atoms with van der Waals surface area (Å²) in [6.07, 6.45) is 3.68. The first-order chi connectivity index (χ1) is 10.0. The fourth-order valence-corrected chi connectivity index (χ4v) is 3.07. The van der Waals surface area contributed by atoms with E-state index < -0.39 is 5.60 Å². The van der Waals surface area contributed by atoms with E-state index in [0.717, 1.165) is 25.7 Å². The molecule has 4 nitrogen and oxygen atoms in total. The molecule has 1 aliphatic carbocycles. The normalized spacial score (nSPS) is 25.4. The van der Waals surface area contributed by atoms with Crippen LogP contribution >= 0.6 is 0 Å². The van der Waals surface area contributed by atoms with Crippen LogP contribution in [0, 0.1) is 5.92 Å². The number of carbonyl (C=O) groups is 1. The molecule has 21 heavy (non-hydrogen) atoms. The lowest BCUT2D eigenvalue weighted by Gasteiger charge is -2.35. The van der Waals surface area contributed by atoms with Gasteiger partial charge in [-0.1, -0.05) is 31.9 Å². The number of ether oxygens (including phenoxy) is 1. The first-order valence-corrected chi connectivity index (χ1v) is 7.76. The van der Waals surface area contributed by atoms with E-state index in [-0.39, 0.29) is 5.91 Å². The van der Waals surface area contributed by atoms with Crippen LogP contribution in [-0.2, 0) is 0 Å². The quantitative estimate of drug-likeness (QED) is 0.877. The zero-order chi connectivity index (χ0) is 15.3. The van der Waals surface area contributed by atoms with E-state index in [2.05, 4.69) is 12.2 Å². The second-order valence-electron chi connectivity index (χ2n) is 6.04. The van der Waals surface area contributed by atoms with E-state index in [0.29, 0.717) is 30.4 Å². The Kier molecular flexibility index (Phi) is 5.23. The second-order valence-corrected chi connectivity index (χ2v) is 6.04. The largest absolute Gasteiger partial charge is 0.493 e. The van der Waals surface area contributed by atoms with Crippen LogP contribution in [0.4, 0.5) is 0 Å². The van der Waals surface area contributed by atoms with Crippen LogP contribution in [0.1, 0.15) is 49.9 Å². The molecule has 2 rings (SSSR count). The molecule has 0 spiro atoms. The number of amides is 1. The maximum Gasteiger partial charge on any atom is 0.255 e. The summed E-state index contributed by atoms with van der Waals surface area (Å²) >= 11 is 0. The van der Waals surface area contributed by atoms with Crippen LogP contribution in [0.15, 0.2) is 24.3 Å². The monoisotopic (exact) mass is 291 g/mol. The molecule has 1 aliphatic rings. The molecule has 1 aromatic rings. The molecule has 0 heterocycles. The third-order valence-corrected chi connectivity index (χ3v) is 4.08. The molecule has 2 unspecified atom stereocenters. The van der Waals surface area contributed by atoms with Gasteiger partial charge in [-0.15, -0.1) is 0 Å². The number of para-hydroxylation sites is 1. The van der Waals surface area contributed by atoms with E-state index in [4.69, 9.17) is 4.74 Å². The highest BCUT2D eigenvalue weighted by molar-refractivity contribution is 5.96. The van der Waals surface area contributed by atoms with E-state index >= 15 is 0 Å². The molecule has 2 N–H and O–H groups in total. The Balaban J connectivity index is 1.98. The van der Waals surface area contributed by atoms with Crippen LogP contribution in [-0.4, -0.2) is 29.8 Å². The minimum absolute atomic E-state index is 0.189. The third-order valence-electron chi connectivity index (χ3n) is 4.08. The van der Waals surface area contributed by atoms with Crippen molar-refractivity contribution in [3.63, 3.8) is 0 Å². The molecule has 0 aromatic heterocycles. The Morgan fingerprint density at radius 2 is 2.24 bits per heavy atom. The highest BCUT2D eigenvalue weighted by Gasteiger charge is 2.33. The molecular formula is C17H25NO3. The molecule has 1 aromatic carbocycles. The van der Waals surface area contributed by atoms with Gasteiger partial charge >= 0.3 is 0 Å². The smallest absolute Gasteiger partial charge is 0.255 e. The molecule has 0 saturated heterocycles. The summed E-state index contributed by atoms with van der Waals surface area (Å²) in [5.74, 6) is 0.906. The number of carbonyl (C=O) groups excluding carboxylic acids is 1. The topological polar surface area (TPSA) is 58.6 Å². The van der Waals surface area contributed by atoms with Crippen LogP contribution < -0.4 is 10.1 Å². The second kappa shape index (κ2) is 6.94. The van der Waals surface area contributed by atoms with Crippen molar-refractivity contribution in [3.8, 4) is 5.75 Å². The first-order valence-electron chi connectivity index (χ1n) is 7.76. The molecule has 1 amide bonds. The van der Waals surface area contributed by atoms with Gasteiger partial charge in [-0.2, -0.15) is 0 Å². The Bertz CT molecular complexity index is 489. The summed E-state index contributed by atoms with van der Waals surface area (Å²) in [7, 11) is 0. The Morgan fingerprint density at radius 3 is 2.95 bits per heavy atom. The van der Waals surface area contributed by atoms with Crippen LogP contribution in [0.2, 0.25) is 0 Å². The Morgan fingerprint density at radius 1 is 1.48 bits per heavy atom. The number of hydrogen-bond donors (Lipinski definition) is 2. The van der Waals surface area contributed by atoms with Crippen molar-refractivity contribution >= 4 is 5.91 Å². The van der Waals surface area contributed by atoms with Crippen molar-refractivity contribution < 1.29 is 14.6 Å². The van der Waals surface area contributed by atoms with Crippen molar-refractivity contribution in [2.75, 3.05) is 13.2 Å². The predicted molar refractivity (Wildman–Crippen MR) is 82.5 cm³/mol. The molecule has 4 heteroatoms. The molecule has 116 valence electrons. The van der Waals surface area contributed by atoms with Gasteiger partial charge in [-0.3, -0.25) is 4.79 Å². The van der Waals surface area contributed by atoms with Crippen molar-refractivity contribution in [2.45, 2.75) is 45.1 Å². The zero-order valence-corrected chi connectivity index (χ0v) is 12.9. The molecule has 1 saturated carbocycles. The highest BCUT2D eigenvalue weighted by atomic mass is 16.5. The molecule has 0 bridgehead atoms. The molecule has 2 atom stereocenters. The van der Waals surface area contributed by atoms with Crippen molar-refractivity contribution in [3.05, 3.63) is 29.8 Å². The average molecular weight is 291 g/mol. The van der Waals surface area contributed by atoms with Crippen molar-refractivity contribution in [1.82, 2.24) is 5.32 Å². The lowest BCUT2D eigenvalue weighted by atomic mass is 9.79. The summed E-state index contributed by atoms with van der Waals surface area (Å²) in [5, 5.41) is 13.4. The van der Waals surface area contributed by atoms with Crippen molar-refractivity contribution in [2.24, 2.45) is 5.92 Å². The summed E-state index contributed by atoms with van der Waals surface area (Å²) in [5.41, 5.74) is -0.250. The van der Waals surface area contributed by atoms with Gasteiger partial charge in [0.1, 0.15) is 5.75 Å². The molecule has 0 radical (unpaired) electrons. The van der Waals surface area contributed by atoms with Gasteiger partial charge in [0.25, 0.3) is 5.91 Å². The molecule has 1 fully saturated rings. The van der Waals surface area contributed by atoms with Crippen LogP contribution in [0.3, 0.4) is 0 Å². The van der Waals surface area contributed by atoms with E-state index in [1.165, 1.54) is 0 Å². The highest BCUT2D eigenvalue weighted by Crippen LogP contribution is 2.31. The fourth-order valence-electron chi connectivity index (χ4n) is 3.07. The third kappa shape index (κ3) is 4.21. The Hall–Kier alpha value is -1.55. The summed E-state index contributed by atoms with van der Waals surface area (Å²) < 4.78 is 5.47. The van der Waals surface area contributed by atoms with E-state index in [1.54, 1.807) is 12.1 Å². The van der Waals surface area contributed by atoms with Gasteiger partial charge in [-0.25, -0.2) is 0 Å². The van der Waals surface area contributed by atoms with Gasteiger partial charge in [0.15, 0.2) is 0 Å². The van der Waals surface area contributed by atoms with Gasteiger partial charge in [-0.05, 0) is 37.8 Å². The molecular weight excluding hydrogens is 266 g/mol. The minimum Gasteiger partial charge on any atom is -0.493 e. The number of nitrogens with one attached hydrogen (secondary N) is 1. The van der Waals surface area contributed by atoms with Gasteiger partial charge in [0.2, 0.25) is 0 Å². The average Bonchev–Trinajstić information content (AvgIpc) is 2.46. The van der Waals surface area contributed by atoms with Crippen LogP contribution in [0.25, 0.3) is 0 Å². The number of benzene rings is 1.